The van der Waals surface area contributed by atoms with Crippen molar-refractivity contribution in [1.29, 1.82) is 0 Å². The Balaban J connectivity index is 1.05. The Morgan fingerprint density at radius 3 is 1.38 bits per heavy atom. The molecule has 1 heterocycles. The third kappa shape index (κ3) is 5.56. The average Bonchev–Trinajstić information content (AvgIpc) is 3.59. The maximum absolute atomic E-state index is 2.33. The van der Waals surface area contributed by atoms with E-state index in [0.29, 0.717) is 0 Å². The van der Waals surface area contributed by atoms with E-state index in [2.05, 4.69) is 205 Å². The second-order valence-corrected chi connectivity index (χ2v) is 13.6. The quantitative estimate of drug-likeness (QED) is 0.165. The number of rotatable bonds is 7. The van der Waals surface area contributed by atoms with Gasteiger partial charge in [-0.2, -0.15) is 0 Å². The minimum Gasteiger partial charge on any atom is -0.311 e. The number of hydrogen-bond donors (Lipinski definition) is 0. The standard InChI is InChI=1S/C48H33NS/c1-3-12-34(13-4-1)35-22-24-36(25-23-35)37-26-30-40(31-27-37)49(39-14-5-2-6-15-39)41-32-28-38(29-33-41)42-16-7-8-17-43(42)45-19-11-20-46-44-18-9-10-21-47(44)50-48(45)46/h1-33H. The third-order valence-corrected chi connectivity index (χ3v) is 10.7. The van der Waals surface area contributed by atoms with Crippen LogP contribution in [-0.2, 0) is 0 Å². The first kappa shape index (κ1) is 29.9. The monoisotopic (exact) mass is 655 g/mol. The molecule has 1 nitrogen and oxygen atoms in total. The van der Waals surface area contributed by atoms with Gasteiger partial charge in [0, 0.05) is 42.8 Å². The molecule has 0 aliphatic carbocycles. The second-order valence-electron chi connectivity index (χ2n) is 12.5. The SMILES string of the molecule is c1ccc(-c2ccc(-c3ccc(N(c4ccccc4)c4ccc(-c5ccccc5-c5cccc6c5sc5ccccc56)cc4)cc3)cc2)cc1. The summed E-state index contributed by atoms with van der Waals surface area (Å²) in [7, 11) is 0. The molecule has 50 heavy (non-hydrogen) atoms. The maximum atomic E-state index is 2.33. The molecule has 9 rings (SSSR count). The molecule has 0 spiro atoms. The van der Waals surface area contributed by atoms with Crippen molar-refractivity contribution in [3.63, 3.8) is 0 Å². The fourth-order valence-corrected chi connectivity index (χ4v) is 8.26. The van der Waals surface area contributed by atoms with E-state index in [1.54, 1.807) is 0 Å². The van der Waals surface area contributed by atoms with Gasteiger partial charge in [-0.05, 0) is 81.4 Å². The molecule has 0 unspecified atom stereocenters. The number of nitrogens with zero attached hydrogens (tertiary/aromatic N) is 1. The summed E-state index contributed by atoms with van der Waals surface area (Å²) in [5.74, 6) is 0. The number of hydrogen-bond acceptors (Lipinski definition) is 2. The van der Waals surface area contributed by atoms with Crippen molar-refractivity contribution in [2.75, 3.05) is 4.90 Å². The Hall–Kier alpha value is -6.22. The largest absolute Gasteiger partial charge is 0.311 e. The van der Waals surface area contributed by atoms with Crippen LogP contribution in [-0.4, -0.2) is 0 Å². The van der Waals surface area contributed by atoms with Crippen LogP contribution >= 0.6 is 11.3 Å². The average molecular weight is 656 g/mol. The van der Waals surface area contributed by atoms with Crippen LogP contribution in [0, 0.1) is 0 Å². The summed E-state index contributed by atoms with van der Waals surface area (Å²) < 4.78 is 2.66. The Bertz CT molecular complexity index is 2550. The summed E-state index contributed by atoms with van der Waals surface area (Å²) >= 11 is 1.88. The van der Waals surface area contributed by atoms with Gasteiger partial charge in [-0.3, -0.25) is 0 Å². The molecule has 2 heteroatoms. The molecule has 0 saturated heterocycles. The fraction of sp³-hybridized carbons (Fsp3) is 0. The molecule has 9 aromatic rings. The van der Waals surface area contributed by atoms with Gasteiger partial charge in [0.15, 0.2) is 0 Å². The Labute approximate surface area is 297 Å². The Kier molecular flexibility index (Phi) is 7.77. The van der Waals surface area contributed by atoms with Gasteiger partial charge < -0.3 is 4.90 Å². The van der Waals surface area contributed by atoms with Crippen LogP contribution < -0.4 is 4.90 Å². The highest BCUT2D eigenvalue weighted by molar-refractivity contribution is 7.26. The van der Waals surface area contributed by atoms with E-state index >= 15 is 0 Å². The molecule has 0 aliphatic heterocycles. The number of anilines is 3. The van der Waals surface area contributed by atoms with E-state index in [0.717, 1.165) is 17.1 Å². The molecule has 0 radical (unpaired) electrons. The first-order valence-corrected chi connectivity index (χ1v) is 17.8. The summed E-state index contributed by atoms with van der Waals surface area (Å²) in [6.45, 7) is 0. The highest BCUT2D eigenvalue weighted by Gasteiger charge is 2.16. The van der Waals surface area contributed by atoms with E-state index in [4.69, 9.17) is 0 Å². The molecule has 0 amide bonds. The van der Waals surface area contributed by atoms with E-state index in [9.17, 15) is 0 Å². The molecule has 8 aromatic carbocycles. The Morgan fingerprint density at radius 1 is 0.280 bits per heavy atom. The van der Waals surface area contributed by atoms with Crippen molar-refractivity contribution in [2.24, 2.45) is 0 Å². The van der Waals surface area contributed by atoms with E-state index in [-0.39, 0.29) is 0 Å². The lowest BCUT2D eigenvalue weighted by molar-refractivity contribution is 1.28. The highest BCUT2D eigenvalue weighted by Crippen LogP contribution is 2.43. The molecule has 236 valence electrons. The van der Waals surface area contributed by atoms with Crippen LogP contribution in [0.5, 0.6) is 0 Å². The normalized spacial score (nSPS) is 11.2. The zero-order valence-corrected chi connectivity index (χ0v) is 28.2. The van der Waals surface area contributed by atoms with Crippen molar-refractivity contribution in [1.82, 2.24) is 0 Å². The van der Waals surface area contributed by atoms with Crippen LogP contribution in [0.1, 0.15) is 0 Å². The predicted molar refractivity (Wildman–Crippen MR) is 216 cm³/mol. The zero-order valence-electron chi connectivity index (χ0n) is 27.4. The van der Waals surface area contributed by atoms with Gasteiger partial charge in [0.05, 0.1) is 0 Å². The maximum Gasteiger partial charge on any atom is 0.0462 e. The number of fused-ring (bicyclic) bond motifs is 3. The number of benzene rings is 8. The molecular formula is C48H33NS. The molecule has 0 fully saturated rings. The van der Waals surface area contributed by atoms with Crippen molar-refractivity contribution in [3.05, 3.63) is 200 Å². The van der Waals surface area contributed by atoms with Gasteiger partial charge in [0.25, 0.3) is 0 Å². The van der Waals surface area contributed by atoms with Gasteiger partial charge in [0.1, 0.15) is 0 Å². The molecule has 0 N–H and O–H groups in total. The van der Waals surface area contributed by atoms with Gasteiger partial charge in [-0.25, -0.2) is 0 Å². The smallest absolute Gasteiger partial charge is 0.0462 e. The van der Waals surface area contributed by atoms with Crippen molar-refractivity contribution in [3.8, 4) is 44.5 Å². The van der Waals surface area contributed by atoms with Crippen LogP contribution in [0.2, 0.25) is 0 Å². The third-order valence-electron chi connectivity index (χ3n) is 9.52. The topological polar surface area (TPSA) is 3.24 Å². The zero-order chi connectivity index (χ0) is 33.3. The van der Waals surface area contributed by atoms with E-state index in [1.807, 2.05) is 11.3 Å². The van der Waals surface area contributed by atoms with Gasteiger partial charge in [0.2, 0.25) is 0 Å². The van der Waals surface area contributed by atoms with Crippen LogP contribution in [0.3, 0.4) is 0 Å². The molecule has 0 aliphatic rings. The van der Waals surface area contributed by atoms with Crippen molar-refractivity contribution in [2.45, 2.75) is 0 Å². The van der Waals surface area contributed by atoms with E-state index < -0.39 is 0 Å². The minimum absolute atomic E-state index is 1.11. The van der Waals surface area contributed by atoms with Crippen molar-refractivity contribution < 1.29 is 0 Å². The summed E-state index contributed by atoms with van der Waals surface area (Å²) in [6.07, 6.45) is 0. The first-order chi connectivity index (χ1) is 24.8. The summed E-state index contributed by atoms with van der Waals surface area (Å²) in [4.78, 5) is 2.33. The number of para-hydroxylation sites is 1. The van der Waals surface area contributed by atoms with E-state index in [1.165, 1.54) is 64.7 Å². The predicted octanol–water partition coefficient (Wildman–Crippen LogP) is 14.2. The van der Waals surface area contributed by atoms with Crippen LogP contribution in [0.15, 0.2) is 200 Å². The minimum atomic E-state index is 1.11. The molecule has 0 saturated carbocycles. The lowest BCUT2D eigenvalue weighted by atomic mass is 9.93. The molecule has 1 aromatic heterocycles. The van der Waals surface area contributed by atoms with Gasteiger partial charge in [-0.1, -0.05) is 158 Å². The highest BCUT2D eigenvalue weighted by atomic mass is 32.1. The molecular weight excluding hydrogens is 623 g/mol. The fourth-order valence-electron chi connectivity index (χ4n) is 7.03. The lowest BCUT2D eigenvalue weighted by Crippen LogP contribution is -2.09. The summed E-state index contributed by atoms with van der Waals surface area (Å²) in [5, 5.41) is 2.65. The number of thiophene rings is 1. The van der Waals surface area contributed by atoms with Crippen LogP contribution in [0.4, 0.5) is 17.1 Å². The lowest BCUT2D eigenvalue weighted by Gasteiger charge is -2.26. The molecule has 0 bridgehead atoms. The molecule has 0 atom stereocenters. The van der Waals surface area contributed by atoms with Crippen molar-refractivity contribution >= 4 is 48.6 Å². The Morgan fingerprint density at radius 2 is 0.720 bits per heavy atom. The van der Waals surface area contributed by atoms with Gasteiger partial charge >= 0.3 is 0 Å². The summed E-state index contributed by atoms with van der Waals surface area (Å²) in [6, 6.07) is 72.1. The first-order valence-electron chi connectivity index (χ1n) is 17.0. The van der Waals surface area contributed by atoms with Crippen LogP contribution in [0.25, 0.3) is 64.7 Å². The second kappa shape index (κ2) is 13.0. The van der Waals surface area contributed by atoms with Gasteiger partial charge in [-0.15, -0.1) is 11.3 Å². The summed E-state index contributed by atoms with van der Waals surface area (Å²) in [5.41, 5.74) is 13.2.